The second-order valence-electron chi connectivity index (χ2n) is 23.7. The Bertz CT molecular complexity index is 2390. The maximum Gasteiger partial charge on any atom is 0.311 e. The third-order valence-corrected chi connectivity index (χ3v) is 19.8. The van der Waals surface area contributed by atoms with Crippen LogP contribution in [-0.4, -0.2) is 56.4 Å². The monoisotopic (exact) mass is 927 g/mol. The van der Waals surface area contributed by atoms with Crippen LogP contribution in [0.5, 0.6) is 11.5 Å². The maximum absolute atomic E-state index is 12.1. The van der Waals surface area contributed by atoms with E-state index in [1.165, 1.54) is 71.3 Å². The van der Waals surface area contributed by atoms with E-state index in [1.54, 1.807) is 37.8 Å². The molecule has 0 amide bonds. The van der Waals surface area contributed by atoms with Crippen molar-refractivity contribution in [2.24, 2.45) is 27.6 Å². The van der Waals surface area contributed by atoms with Gasteiger partial charge in [0.15, 0.2) is 0 Å². The third-order valence-electron chi connectivity index (χ3n) is 19.8. The number of phenolic OH excluding ortho intramolecular Hbond substituents is 1. The number of benzene rings is 2. The zero-order valence-electron chi connectivity index (χ0n) is 41.1. The number of carboxylic acids is 1. The average Bonchev–Trinajstić information content (AvgIpc) is 3.36. The smallest absolute Gasteiger partial charge is 0.311 e. The van der Waals surface area contributed by atoms with Crippen molar-refractivity contribution in [2.75, 3.05) is 7.11 Å². The summed E-state index contributed by atoms with van der Waals surface area (Å²) in [6.45, 7) is 3.87. The Hall–Kier alpha value is -4.28. The highest BCUT2D eigenvalue weighted by Gasteiger charge is 2.54. The van der Waals surface area contributed by atoms with Gasteiger partial charge in [0, 0.05) is 34.9 Å². The zero-order chi connectivity index (χ0) is 47.0. The van der Waals surface area contributed by atoms with E-state index in [4.69, 9.17) is 14.5 Å². The van der Waals surface area contributed by atoms with Crippen LogP contribution < -0.4 is 15.4 Å². The van der Waals surface area contributed by atoms with Gasteiger partial charge in [-0.3, -0.25) is 19.6 Å². The number of aromatic nitrogens is 2. The average molecular weight is 927 g/mol. The Labute approximate surface area is 404 Å². The molecule has 10 nitrogen and oxygen atoms in total. The van der Waals surface area contributed by atoms with Gasteiger partial charge in [0.2, 0.25) is 0 Å². The summed E-state index contributed by atoms with van der Waals surface area (Å²) in [5, 5.41) is 28.7. The van der Waals surface area contributed by atoms with E-state index in [2.05, 4.69) is 52.9 Å². The fourth-order valence-corrected chi connectivity index (χ4v) is 14.1. The predicted octanol–water partition coefficient (Wildman–Crippen LogP) is 12.7. The molecule has 10 aliphatic carbocycles. The molecule has 10 aliphatic rings. The summed E-state index contributed by atoms with van der Waals surface area (Å²) in [4.78, 5) is 33.4. The second kappa shape index (κ2) is 19.1. The lowest BCUT2D eigenvalue weighted by Gasteiger charge is -2.52. The Morgan fingerprint density at radius 2 is 1.06 bits per heavy atom. The molecule has 0 radical (unpaired) electrons. The summed E-state index contributed by atoms with van der Waals surface area (Å²) in [7, 11) is 1.50. The second-order valence-corrected chi connectivity index (χ2v) is 23.7. The van der Waals surface area contributed by atoms with Crippen molar-refractivity contribution in [3.8, 4) is 11.5 Å². The molecule has 10 fully saturated rings. The number of nitrogens with one attached hydrogen (secondary N) is 2. The van der Waals surface area contributed by atoms with Gasteiger partial charge in [-0.25, -0.2) is 0 Å². The zero-order valence-corrected chi connectivity index (χ0v) is 41.1. The normalized spacial score (nSPS) is 30.1. The molecular weight excluding hydrogens is 849 g/mol. The lowest BCUT2D eigenvalue weighted by atomic mass is 9.57. The number of hydrogen-bond donors (Lipinski definition) is 4. The number of fused-ring (bicyclic) bond motifs is 8. The molecule has 2 aromatic carbocycles. The van der Waals surface area contributed by atoms with E-state index < -0.39 is 11.4 Å². The molecule has 2 aromatic heterocycles. The summed E-state index contributed by atoms with van der Waals surface area (Å²) in [5.74, 6) is 1.64. The number of rotatable bonds is 10. The van der Waals surface area contributed by atoms with E-state index in [1.807, 2.05) is 18.2 Å². The van der Waals surface area contributed by atoms with E-state index in [-0.39, 0.29) is 28.2 Å². The molecular formula is C58H78N4O6. The minimum atomic E-state index is -0.596. The number of phenols is 1. The van der Waals surface area contributed by atoms with E-state index in [0.717, 1.165) is 140 Å². The number of carbonyl (C=O) groups is 2. The van der Waals surface area contributed by atoms with Gasteiger partial charge >= 0.3 is 11.9 Å². The molecule has 14 rings (SSSR count). The highest BCUT2D eigenvalue weighted by molar-refractivity contribution is 5.81. The molecule has 0 saturated heterocycles. The van der Waals surface area contributed by atoms with Crippen LogP contribution in [0.2, 0.25) is 0 Å². The first-order chi connectivity index (χ1) is 32.8. The molecule has 0 atom stereocenters. The quantitative estimate of drug-likeness (QED) is 0.114. The third kappa shape index (κ3) is 9.89. The molecule has 0 aliphatic heterocycles. The van der Waals surface area contributed by atoms with Crippen LogP contribution in [0.3, 0.4) is 0 Å². The van der Waals surface area contributed by atoms with E-state index >= 15 is 0 Å². The van der Waals surface area contributed by atoms with E-state index in [0.29, 0.717) is 11.5 Å². The van der Waals surface area contributed by atoms with Gasteiger partial charge < -0.3 is 30.3 Å². The fourth-order valence-electron chi connectivity index (χ4n) is 14.1. The van der Waals surface area contributed by atoms with Gasteiger partial charge in [-0.05, 0) is 207 Å². The SMILES string of the molecule is CC1CCC2(CCC2)CC1.COC(=O)C12CCC(NCc3ccc4cc(O)ccc4n3)(CC1)CC2.O=C(O)C12CCC(NCc3ccc4cc(OC5CCC6(CCC6)CC5)ccc4n3)(CC1)CC2. The first-order valence-electron chi connectivity index (χ1n) is 26.8. The van der Waals surface area contributed by atoms with Gasteiger partial charge in [-0.2, -0.15) is 0 Å². The number of nitrogens with zero attached hydrogens (tertiary/aromatic N) is 2. The van der Waals surface area contributed by atoms with Crippen molar-refractivity contribution in [3.05, 3.63) is 72.1 Å². The van der Waals surface area contributed by atoms with Gasteiger partial charge in [0.05, 0.1) is 46.5 Å². The lowest BCUT2D eigenvalue weighted by molar-refractivity contribution is -0.160. The van der Waals surface area contributed by atoms with Crippen LogP contribution in [0.15, 0.2) is 60.7 Å². The molecule has 2 spiro atoms. The number of hydrogen-bond acceptors (Lipinski definition) is 9. The summed E-state index contributed by atoms with van der Waals surface area (Å²) < 4.78 is 11.4. The summed E-state index contributed by atoms with van der Waals surface area (Å²) in [6, 6.07) is 19.8. The molecule has 10 heteroatoms. The van der Waals surface area contributed by atoms with Crippen LogP contribution in [-0.2, 0) is 27.4 Å². The lowest BCUT2D eigenvalue weighted by Crippen LogP contribution is -2.56. The number of esters is 1. The first kappa shape index (κ1) is 47.4. The van der Waals surface area contributed by atoms with Crippen LogP contribution >= 0.6 is 0 Å². The fraction of sp³-hybridized carbons (Fsp3) is 0.655. The van der Waals surface area contributed by atoms with Crippen LogP contribution in [0, 0.1) is 27.6 Å². The number of ether oxygens (including phenoxy) is 2. The van der Waals surface area contributed by atoms with Gasteiger partial charge in [0.25, 0.3) is 0 Å². The van der Waals surface area contributed by atoms with Crippen molar-refractivity contribution in [1.82, 2.24) is 20.6 Å². The number of pyridine rings is 2. The summed E-state index contributed by atoms with van der Waals surface area (Å²) in [5.41, 5.74) is 5.03. The van der Waals surface area contributed by atoms with Crippen LogP contribution in [0.1, 0.15) is 185 Å². The summed E-state index contributed by atoms with van der Waals surface area (Å²) in [6.07, 6.45) is 31.5. The van der Waals surface area contributed by atoms with Gasteiger partial charge in [-0.15, -0.1) is 0 Å². The van der Waals surface area contributed by atoms with Crippen LogP contribution in [0.4, 0.5) is 0 Å². The number of carbonyl (C=O) groups excluding carboxylic acids is 1. The number of aliphatic carboxylic acids is 1. The largest absolute Gasteiger partial charge is 0.508 e. The van der Waals surface area contributed by atoms with Crippen molar-refractivity contribution < 1.29 is 29.3 Å². The van der Waals surface area contributed by atoms with Crippen LogP contribution in [0.25, 0.3) is 21.8 Å². The highest BCUT2D eigenvalue weighted by atomic mass is 16.5. The highest BCUT2D eigenvalue weighted by Crippen LogP contribution is 2.55. The topological polar surface area (TPSA) is 143 Å². The molecule has 0 unspecified atom stereocenters. The van der Waals surface area contributed by atoms with Crippen molar-refractivity contribution in [3.63, 3.8) is 0 Å². The molecule has 68 heavy (non-hydrogen) atoms. The maximum atomic E-state index is 12.1. The van der Waals surface area contributed by atoms with E-state index in [9.17, 15) is 19.8 Å². The van der Waals surface area contributed by atoms with Gasteiger partial charge in [-0.1, -0.05) is 44.7 Å². The molecule has 4 bridgehead atoms. The minimum Gasteiger partial charge on any atom is -0.508 e. The minimum absolute atomic E-state index is 0.0275. The first-order valence-corrected chi connectivity index (χ1v) is 26.8. The Morgan fingerprint density at radius 1 is 0.588 bits per heavy atom. The molecule has 10 saturated carbocycles. The Balaban J connectivity index is 0.000000135. The van der Waals surface area contributed by atoms with Crippen molar-refractivity contribution >= 4 is 33.7 Å². The summed E-state index contributed by atoms with van der Waals surface area (Å²) >= 11 is 0. The Kier molecular flexibility index (Phi) is 13.3. The number of methoxy groups -OCH3 is 1. The Morgan fingerprint density at radius 3 is 1.53 bits per heavy atom. The molecule has 366 valence electrons. The van der Waals surface area contributed by atoms with Crippen molar-refractivity contribution in [2.45, 2.75) is 204 Å². The van der Waals surface area contributed by atoms with Gasteiger partial charge in [0.1, 0.15) is 11.5 Å². The molecule has 4 aromatic rings. The van der Waals surface area contributed by atoms with Crippen molar-refractivity contribution in [1.29, 1.82) is 0 Å². The predicted molar refractivity (Wildman–Crippen MR) is 267 cm³/mol. The molecule has 4 N–H and O–H groups in total. The molecule has 2 heterocycles. The standard InChI is InChI=1S/C28H36N2O3.C20H24N2O3.C10H18/c31-25(32)27-12-15-28(16-13-27,17-14-27)29-19-21-3-2-20-18-23(4-5-24(20)30-21)33-22-6-10-26(11-7-22)8-1-9-26;1-25-18(24)19-6-9-20(10-7-19,11-8-19)21-13-15-3-2-14-12-16(23)4-5-17(14)22-15;1-9-3-7-10(8-4-9)5-2-6-10/h2-5,18,22,29H,1,6-17,19H2,(H,31,32);2-5,12,21,23H,6-11,13H2,1H3;9H,2-8H2,1H3. The number of carboxylic acid groups (broad SMARTS) is 1. The number of aromatic hydroxyl groups is 1.